The van der Waals surface area contributed by atoms with E-state index in [1.165, 1.54) is 4.90 Å². The second kappa shape index (κ2) is 5.92. The number of thioether (sulfide) groups is 1. The summed E-state index contributed by atoms with van der Waals surface area (Å²) >= 11 is 8.02. The molecule has 16 heavy (non-hydrogen) atoms. The molecule has 1 aliphatic rings. The molecule has 0 unspecified atom stereocenters. The molecule has 0 atom stereocenters. The van der Waals surface area contributed by atoms with Crippen LogP contribution in [0.5, 0.6) is 0 Å². The molecule has 0 radical (unpaired) electrons. The molecule has 2 rings (SSSR count). The van der Waals surface area contributed by atoms with Gasteiger partial charge in [-0.05, 0) is 30.5 Å². The quantitative estimate of drug-likeness (QED) is 0.904. The third-order valence-electron chi connectivity index (χ3n) is 2.72. The van der Waals surface area contributed by atoms with Gasteiger partial charge in [0.15, 0.2) is 0 Å². The van der Waals surface area contributed by atoms with Gasteiger partial charge in [0.2, 0.25) is 0 Å². The first-order chi connectivity index (χ1) is 7.79. The van der Waals surface area contributed by atoms with Crippen LogP contribution in [0.2, 0.25) is 5.02 Å². The van der Waals surface area contributed by atoms with Gasteiger partial charge in [-0.2, -0.15) is 0 Å². The Kier molecular flexibility index (Phi) is 4.53. The van der Waals surface area contributed by atoms with Crippen LogP contribution in [-0.2, 0) is 11.3 Å². The number of hydrogen-bond donors (Lipinski definition) is 1. The Bertz CT molecular complexity index is 353. The van der Waals surface area contributed by atoms with Crippen molar-refractivity contribution in [2.24, 2.45) is 5.73 Å². The van der Waals surface area contributed by atoms with Gasteiger partial charge >= 0.3 is 0 Å². The van der Waals surface area contributed by atoms with Gasteiger partial charge in [-0.1, -0.05) is 17.7 Å². The average Bonchev–Trinajstić information content (AvgIpc) is 2.31. The fraction of sp³-hybridized carbons (Fsp3) is 0.500. The average molecular weight is 258 g/mol. The number of halogens is 1. The number of benzene rings is 1. The normalized spacial score (nSPS) is 17.6. The van der Waals surface area contributed by atoms with Crippen molar-refractivity contribution < 1.29 is 4.74 Å². The van der Waals surface area contributed by atoms with Crippen molar-refractivity contribution in [3.63, 3.8) is 0 Å². The van der Waals surface area contributed by atoms with E-state index < -0.39 is 0 Å². The highest BCUT2D eigenvalue weighted by atomic mass is 35.5. The van der Waals surface area contributed by atoms with Crippen LogP contribution in [0.1, 0.15) is 18.4 Å². The van der Waals surface area contributed by atoms with Gasteiger partial charge in [-0.15, -0.1) is 11.8 Å². The summed E-state index contributed by atoms with van der Waals surface area (Å²) in [4.78, 5) is 1.23. The molecular formula is C12H16ClNOS. The van der Waals surface area contributed by atoms with E-state index in [9.17, 15) is 0 Å². The smallest absolute Gasteiger partial charge is 0.0476 e. The largest absolute Gasteiger partial charge is 0.381 e. The zero-order valence-electron chi connectivity index (χ0n) is 9.12. The first-order valence-corrected chi connectivity index (χ1v) is 6.78. The Morgan fingerprint density at radius 1 is 1.38 bits per heavy atom. The lowest BCUT2D eigenvalue weighted by atomic mass is 10.2. The minimum Gasteiger partial charge on any atom is -0.381 e. The number of hydrogen-bond acceptors (Lipinski definition) is 3. The fourth-order valence-corrected chi connectivity index (χ4v) is 3.22. The maximum absolute atomic E-state index is 6.13. The summed E-state index contributed by atoms with van der Waals surface area (Å²) in [5, 5.41) is 1.44. The Hall–Kier alpha value is -0.220. The molecule has 0 bridgehead atoms. The summed E-state index contributed by atoms with van der Waals surface area (Å²) in [6.07, 6.45) is 2.25. The van der Waals surface area contributed by atoms with Crippen molar-refractivity contribution in [3.05, 3.63) is 28.8 Å². The second-order valence-electron chi connectivity index (χ2n) is 3.89. The summed E-state index contributed by atoms with van der Waals surface area (Å²) in [6.45, 7) is 2.26. The number of nitrogens with two attached hydrogens (primary N) is 1. The third kappa shape index (κ3) is 3.14. The minimum atomic E-state index is 0.501. The van der Waals surface area contributed by atoms with Crippen LogP contribution in [0.25, 0.3) is 0 Å². The molecule has 1 saturated heterocycles. The standard InChI is InChI=1S/C12H16ClNOS/c13-12-7-11(2-1-9(12)8-14)16-10-3-5-15-6-4-10/h1-2,7,10H,3-6,8,14H2. The van der Waals surface area contributed by atoms with Crippen LogP contribution in [0.4, 0.5) is 0 Å². The van der Waals surface area contributed by atoms with Crippen molar-refractivity contribution >= 4 is 23.4 Å². The van der Waals surface area contributed by atoms with Crippen LogP contribution in [-0.4, -0.2) is 18.5 Å². The summed E-state index contributed by atoms with van der Waals surface area (Å²) in [6, 6.07) is 6.14. The van der Waals surface area contributed by atoms with Crippen LogP contribution in [0.3, 0.4) is 0 Å². The minimum absolute atomic E-state index is 0.501. The van der Waals surface area contributed by atoms with E-state index in [0.717, 1.165) is 36.6 Å². The first-order valence-electron chi connectivity index (χ1n) is 5.52. The highest BCUT2D eigenvalue weighted by Gasteiger charge is 2.15. The first kappa shape index (κ1) is 12.2. The van der Waals surface area contributed by atoms with Gasteiger partial charge in [0.25, 0.3) is 0 Å². The second-order valence-corrected chi connectivity index (χ2v) is 5.67. The van der Waals surface area contributed by atoms with E-state index in [1.807, 2.05) is 23.9 Å². The van der Waals surface area contributed by atoms with Crippen molar-refractivity contribution in [3.8, 4) is 0 Å². The van der Waals surface area contributed by atoms with E-state index in [0.29, 0.717) is 11.8 Å². The number of rotatable bonds is 3. The Labute approximate surface area is 105 Å². The SMILES string of the molecule is NCc1ccc(SC2CCOCC2)cc1Cl. The van der Waals surface area contributed by atoms with E-state index in [2.05, 4.69) is 6.07 Å². The van der Waals surface area contributed by atoms with Crippen molar-refractivity contribution in [1.82, 2.24) is 0 Å². The molecular weight excluding hydrogens is 242 g/mol. The molecule has 4 heteroatoms. The lowest BCUT2D eigenvalue weighted by Crippen LogP contribution is -2.17. The van der Waals surface area contributed by atoms with Crippen LogP contribution >= 0.6 is 23.4 Å². The van der Waals surface area contributed by atoms with Crippen LogP contribution in [0.15, 0.2) is 23.1 Å². The Morgan fingerprint density at radius 2 is 2.12 bits per heavy atom. The molecule has 1 aliphatic heterocycles. The summed E-state index contributed by atoms with van der Waals surface area (Å²) in [5.74, 6) is 0. The van der Waals surface area contributed by atoms with Gasteiger partial charge in [-0.3, -0.25) is 0 Å². The van der Waals surface area contributed by atoms with E-state index in [4.69, 9.17) is 22.1 Å². The molecule has 0 saturated carbocycles. The molecule has 0 spiro atoms. The highest BCUT2D eigenvalue weighted by molar-refractivity contribution is 8.00. The summed E-state index contributed by atoms with van der Waals surface area (Å²) in [7, 11) is 0. The predicted octanol–water partition coefficient (Wildman–Crippen LogP) is 3.07. The maximum atomic E-state index is 6.13. The van der Waals surface area contributed by atoms with Crippen molar-refractivity contribution in [2.75, 3.05) is 13.2 Å². The Morgan fingerprint density at radius 3 is 2.75 bits per heavy atom. The molecule has 1 fully saturated rings. The number of ether oxygens (including phenoxy) is 1. The molecule has 0 aromatic heterocycles. The molecule has 0 amide bonds. The van der Waals surface area contributed by atoms with Crippen molar-refractivity contribution in [2.45, 2.75) is 29.5 Å². The molecule has 2 nitrogen and oxygen atoms in total. The Balaban J connectivity index is 2.01. The maximum Gasteiger partial charge on any atom is 0.0476 e. The molecule has 1 aromatic rings. The molecule has 88 valence electrons. The van der Waals surface area contributed by atoms with Gasteiger partial charge in [0.05, 0.1) is 0 Å². The lowest BCUT2D eigenvalue weighted by molar-refractivity contribution is 0.100. The zero-order valence-corrected chi connectivity index (χ0v) is 10.7. The molecule has 1 aromatic carbocycles. The summed E-state index contributed by atoms with van der Waals surface area (Å²) in [5.41, 5.74) is 6.59. The molecule has 0 aliphatic carbocycles. The van der Waals surface area contributed by atoms with E-state index in [-0.39, 0.29) is 0 Å². The van der Waals surface area contributed by atoms with Gasteiger partial charge in [0.1, 0.15) is 0 Å². The van der Waals surface area contributed by atoms with Gasteiger partial charge in [0, 0.05) is 34.9 Å². The monoisotopic (exact) mass is 257 g/mol. The van der Waals surface area contributed by atoms with Crippen LogP contribution < -0.4 is 5.73 Å². The van der Waals surface area contributed by atoms with Crippen molar-refractivity contribution in [1.29, 1.82) is 0 Å². The van der Waals surface area contributed by atoms with E-state index >= 15 is 0 Å². The third-order valence-corrected chi connectivity index (χ3v) is 4.40. The summed E-state index contributed by atoms with van der Waals surface area (Å²) < 4.78 is 5.34. The predicted molar refractivity (Wildman–Crippen MR) is 69.0 cm³/mol. The molecule has 1 heterocycles. The molecule has 2 N–H and O–H groups in total. The van der Waals surface area contributed by atoms with Crippen LogP contribution in [0, 0.1) is 0 Å². The van der Waals surface area contributed by atoms with E-state index in [1.54, 1.807) is 0 Å². The van der Waals surface area contributed by atoms with Gasteiger partial charge in [-0.25, -0.2) is 0 Å². The van der Waals surface area contributed by atoms with Gasteiger partial charge < -0.3 is 10.5 Å². The fourth-order valence-electron chi connectivity index (χ4n) is 1.75. The zero-order chi connectivity index (χ0) is 11.4. The lowest BCUT2D eigenvalue weighted by Gasteiger charge is -2.21. The topological polar surface area (TPSA) is 35.2 Å². The highest BCUT2D eigenvalue weighted by Crippen LogP contribution is 2.32.